The van der Waals surface area contributed by atoms with Gasteiger partial charge in [0.05, 0.1) is 12.6 Å². The van der Waals surface area contributed by atoms with Crippen LogP contribution >= 0.6 is 0 Å². The molecule has 0 saturated carbocycles. The van der Waals surface area contributed by atoms with Gasteiger partial charge in [0.15, 0.2) is 5.96 Å². The van der Waals surface area contributed by atoms with Gasteiger partial charge in [0.2, 0.25) is 23.6 Å². The molecule has 4 aromatic rings. The second kappa shape index (κ2) is 23.6. The number of unbranched alkanes of at least 4 members (excludes halogenated alkanes) is 6. The summed E-state index contributed by atoms with van der Waals surface area (Å²) >= 11 is 0. The molecule has 1 aliphatic heterocycles. The fourth-order valence-corrected chi connectivity index (χ4v) is 7.49. The number of phenolic OH excluding ortho intramolecular Hbond substituents is 1. The van der Waals surface area contributed by atoms with Crippen molar-refractivity contribution in [2.45, 2.75) is 121 Å². The number of nitrogens with two attached hydrogens (primary N) is 2. The minimum atomic E-state index is -1.11. The third-order valence-electron chi connectivity index (χ3n) is 10.8. The molecular weight excluding hydrogens is 761 g/mol. The van der Waals surface area contributed by atoms with Crippen molar-refractivity contribution in [1.29, 1.82) is 0 Å². The predicted octanol–water partition coefficient (Wildman–Crippen LogP) is 4.43. The fraction of sp³-hybridized carbons (Fsp3) is 0.457. The quantitative estimate of drug-likeness (QED) is 0.0406. The van der Waals surface area contributed by atoms with Crippen molar-refractivity contribution in [3.8, 4) is 5.75 Å². The van der Waals surface area contributed by atoms with Crippen LogP contribution in [0.3, 0.4) is 0 Å². The molecular formula is C46H62N8O6. The molecule has 2 heterocycles. The number of hydrogen-bond acceptors (Lipinski definition) is 7. The number of phenols is 1. The topological polar surface area (TPSA) is 226 Å². The lowest BCUT2D eigenvalue weighted by Crippen LogP contribution is -2.58. The molecule has 60 heavy (non-hydrogen) atoms. The van der Waals surface area contributed by atoms with Gasteiger partial charge in [0.1, 0.15) is 30.0 Å². The molecule has 1 aliphatic rings. The number of nitrogens with zero attached hydrogens (tertiary/aromatic N) is 1. The second-order valence-corrected chi connectivity index (χ2v) is 15.7. The zero-order valence-corrected chi connectivity index (χ0v) is 34.7. The third kappa shape index (κ3) is 14.7. The summed E-state index contributed by atoms with van der Waals surface area (Å²) in [5.41, 5.74) is 14.4. The number of hydrogen-bond donors (Lipinski definition) is 8. The van der Waals surface area contributed by atoms with Crippen molar-refractivity contribution in [3.05, 3.63) is 102 Å². The van der Waals surface area contributed by atoms with E-state index in [-0.39, 0.29) is 44.1 Å². The second-order valence-electron chi connectivity index (χ2n) is 15.7. The molecule has 1 unspecified atom stereocenters. The van der Waals surface area contributed by atoms with Gasteiger partial charge in [-0.1, -0.05) is 113 Å². The van der Waals surface area contributed by atoms with E-state index >= 15 is 0 Å². The van der Waals surface area contributed by atoms with E-state index in [0.29, 0.717) is 31.4 Å². The third-order valence-corrected chi connectivity index (χ3v) is 10.8. The Hall–Kier alpha value is -5.89. The summed E-state index contributed by atoms with van der Waals surface area (Å²) in [5, 5.41) is 22.9. The standard InChI is InChI=1S/C46H62N8O6/c1-2-3-4-5-6-7-11-19-38-42(56)51-35(26-32-21-23-36(55)24-22-32)30-60-41(27-31-15-9-8-10-16-31)45(59)53-39(20-14-25-49-46(47)48)43(57)54-40(44(58)52-38)29-34-28-33-17-12-13-18-37(33)50-34/h8-10,12-13,15-18,21-24,28,35,38-41,50,55H,2-7,11,14,19-20,25-27,29-30H2,1H3,(H,51,56)(H,52,58)(H,53,59)(H,54,57)(H4,47,48,49)/t35-,38?,39-,40-,41+/m0/s1. The molecule has 5 atom stereocenters. The summed E-state index contributed by atoms with van der Waals surface area (Å²) < 4.78 is 6.41. The smallest absolute Gasteiger partial charge is 0.250 e. The number of para-hydroxylation sites is 1. The first-order valence-corrected chi connectivity index (χ1v) is 21.3. The lowest BCUT2D eigenvalue weighted by molar-refractivity contribution is -0.137. The molecule has 1 aromatic heterocycles. The number of benzene rings is 3. The Morgan fingerprint density at radius 2 is 1.27 bits per heavy atom. The first kappa shape index (κ1) is 45.2. The highest BCUT2D eigenvalue weighted by atomic mass is 16.5. The van der Waals surface area contributed by atoms with E-state index in [1.54, 1.807) is 24.3 Å². The van der Waals surface area contributed by atoms with Crippen LogP contribution in [0, 0.1) is 0 Å². The van der Waals surface area contributed by atoms with E-state index in [2.05, 4.69) is 38.2 Å². The Bertz CT molecular complexity index is 1970. The summed E-state index contributed by atoms with van der Waals surface area (Å²) in [6.07, 6.45) is 7.68. The van der Waals surface area contributed by atoms with Crippen molar-refractivity contribution in [3.63, 3.8) is 0 Å². The Kier molecular flexibility index (Phi) is 17.8. The summed E-state index contributed by atoms with van der Waals surface area (Å²) in [4.78, 5) is 64.8. The molecule has 0 aliphatic carbocycles. The summed E-state index contributed by atoms with van der Waals surface area (Å²) in [5.74, 6) is -2.01. The van der Waals surface area contributed by atoms with Crippen LogP contribution in [0.5, 0.6) is 5.75 Å². The Labute approximate surface area is 352 Å². The van der Waals surface area contributed by atoms with E-state index in [4.69, 9.17) is 16.2 Å². The fourth-order valence-electron chi connectivity index (χ4n) is 7.49. The normalized spacial score (nSPS) is 20.6. The monoisotopic (exact) mass is 822 g/mol. The Balaban J connectivity index is 1.50. The lowest BCUT2D eigenvalue weighted by atomic mass is 10.0. The zero-order chi connectivity index (χ0) is 42.7. The van der Waals surface area contributed by atoms with Gasteiger partial charge >= 0.3 is 0 Å². The average molecular weight is 823 g/mol. The molecule has 4 amide bonds. The predicted molar refractivity (Wildman–Crippen MR) is 234 cm³/mol. The minimum absolute atomic E-state index is 0.0556. The van der Waals surface area contributed by atoms with E-state index in [0.717, 1.165) is 54.1 Å². The van der Waals surface area contributed by atoms with E-state index in [1.165, 1.54) is 6.42 Å². The number of ether oxygens (including phenoxy) is 1. The minimum Gasteiger partial charge on any atom is -0.508 e. The number of carbonyl (C=O) groups excluding carboxylic acids is 4. The highest BCUT2D eigenvalue weighted by Crippen LogP contribution is 2.18. The Morgan fingerprint density at radius 1 is 0.667 bits per heavy atom. The van der Waals surface area contributed by atoms with Gasteiger partial charge in [-0.25, -0.2) is 0 Å². The van der Waals surface area contributed by atoms with Gasteiger partial charge in [-0.15, -0.1) is 0 Å². The first-order chi connectivity index (χ1) is 29.1. The molecule has 14 heteroatoms. The zero-order valence-electron chi connectivity index (χ0n) is 34.7. The number of aromatic hydroxyl groups is 1. The van der Waals surface area contributed by atoms with Crippen molar-refractivity contribution in [1.82, 2.24) is 26.3 Å². The molecule has 0 bridgehead atoms. The number of H-pyrrole nitrogens is 1. The van der Waals surface area contributed by atoms with Gasteiger partial charge in [-0.2, -0.15) is 0 Å². The summed E-state index contributed by atoms with van der Waals surface area (Å²) in [7, 11) is 0. The number of nitrogens with one attached hydrogen (secondary N) is 5. The molecule has 10 N–H and O–H groups in total. The molecule has 0 spiro atoms. The number of aliphatic imine (C=N–C) groups is 1. The largest absolute Gasteiger partial charge is 0.508 e. The SMILES string of the molecule is CCCCCCCCCC1NC(=O)[C@H](Cc2cc3ccccc3[nH]2)NC(=O)[C@H](CCCN=C(N)N)NC(=O)[C@@H](Cc2ccccc2)OC[C@H](Cc2ccc(O)cc2)NC1=O. The Morgan fingerprint density at radius 3 is 1.98 bits per heavy atom. The summed E-state index contributed by atoms with van der Waals surface area (Å²) in [6, 6.07) is 22.0. The number of amides is 4. The van der Waals surface area contributed by atoms with Crippen LogP contribution in [0.2, 0.25) is 0 Å². The van der Waals surface area contributed by atoms with Crippen molar-refractivity contribution in [2.24, 2.45) is 16.5 Å². The number of rotatable bonds is 18. The molecule has 1 saturated heterocycles. The molecule has 5 rings (SSSR count). The van der Waals surface area contributed by atoms with Gasteiger partial charge < -0.3 is 47.6 Å². The van der Waals surface area contributed by atoms with E-state index in [1.807, 2.05) is 60.7 Å². The number of aromatic amines is 1. The maximum absolute atomic E-state index is 14.4. The number of aromatic nitrogens is 1. The maximum atomic E-state index is 14.4. The van der Waals surface area contributed by atoms with Crippen LogP contribution in [0.4, 0.5) is 0 Å². The lowest BCUT2D eigenvalue weighted by Gasteiger charge is -2.26. The van der Waals surface area contributed by atoms with E-state index in [9.17, 15) is 24.3 Å². The highest BCUT2D eigenvalue weighted by molar-refractivity contribution is 5.95. The van der Waals surface area contributed by atoms with Gasteiger partial charge in [0, 0.05) is 30.6 Å². The first-order valence-electron chi connectivity index (χ1n) is 21.3. The molecule has 1 fully saturated rings. The van der Waals surface area contributed by atoms with Gasteiger partial charge in [-0.3, -0.25) is 24.2 Å². The molecule has 14 nitrogen and oxygen atoms in total. The van der Waals surface area contributed by atoms with Crippen molar-refractivity contribution < 1.29 is 29.0 Å². The van der Waals surface area contributed by atoms with Crippen molar-refractivity contribution >= 4 is 40.5 Å². The van der Waals surface area contributed by atoms with Crippen LogP contribution in [-0.4, -0.2) is 83.1 Å². The number of carbonyl (C=O) groups is 4. The molecule has 322 valence electrons. The van der Waals surface area contributed by atoms with Gasteiger partial charge in [0.25, 0.3) is 0 Å². The highest BCUT2D eigenvalue weighted by Gasteiger charge is 2.33. The number of guanidine groups is 1. The van der Waals surface area contributed by atoms with Crippen LogP contribution in [0.1, 0.15) is 88.0 Å². The van der Waals surface area contributed by atoms with Crippen LogP contribution in [-0.2, 0) is 43.2 Å². The van der Waals surface area contributed by atoms with Crippen molar-refractivity contribution in [2.75, 3.05) is 13.2 Å². The van der Waals surface area contributed by atoms with Gasteiger partial charge in [-0.05, 0) is 66.5 Å². The van der Waals surface area contributed by atoms with Crippen LogP contribution < -0.4 is 32.7 Å². The average Bonchev–Trinajstić information content (AvgIpc) is 3.65. The van der Waals surface area contributed by atoms with Crippen LogP contribution in [0.15, 0.2) is 89.9 Å². The van der Waals surface area contributed by atoms with E-state index < -0.39 is 53.9 Å². The molecule has 0 radical (unpaired) electrons. The molecule has 3 aromatic carbocycles. The maximum Gasteiger partial charge on any atom is 0.250 e. The number of fused-ring (bicyclic) bond motifs is 1. The van der Waals surface area contributed by atoms with Crippen LogP contribution in [0.25, 0.3) is 10.9 Å². The summed E-state index contributed by atoms with van der Waals surface area (Å²) in [6.45, 7) is 2.34.